The molecule has 0 saturated heterocycles. The van der Waals surface area contributed by atoms with E-state index in [9.17, 15) is 14.9 Å². The highest BCUT2D eigenvalue weighted by molar-refractivity contribution is 6.34. The molecule has 0 saturated carbocycles. The molecule has 8 heteroatoms. The van der Waals surface area contributed by atoms with Gasteiger partial charge in [0, 0.05) is 6.20 Å². The Balaban J connectivity index is 2.40. The Labute approximate surface area is 129 Å². The largest absolute Gasteiger partial charge is 0.319 e. The number of aromatic nitrogens is 1. The number of benzene rings is 1. The number of carbonyl (C=O) groups is 1. The van der Waals surface area contributed by atoms with Crippen molar-refractivity contribution in [2.75, 3.05) is 5.32 Å². The molecule has 2 aromatic rings. The van der Waals surface area contributed by atoms with Crippen LogP contribution in [0, 0.1) is 17.0 Å². The van der Waals surface area contributed by atoms with Crippen molar-refractivity contribution in [3.05, 3.63) is 61.9 Å². The van der Waals surface area contributed by atoms with Crippen LogP contribution >= 0.6 is 23.2 Å². The molecule has 1 aromatic carbocycles. The first-order chi connectivity index (χ1) is 9.90. The third-order valence-corrected chi connectivity index (χ3v) is 3.24. The summed E-state index contributed by atoms with van der Waals surface area (Å²) in [5, 5.41) is 13.5. The van der Waals surface area contributed by atoms with Crippen molar-refractivity contribution in [1.29, 1.82) is 0 Å². The predicted molar refractivity (Wildman–Crippen MR) is 80.0 cm³/mol. The molecule has 0 aliphatic heterocycles. The van der Waals surface area contributed by atoms with Gasteiger partial charge in [0.05, 0.1) is 10.6 Å². The van der Waals surface area contributed by atoms with Crippen LogP contribution in [0.15, 0.2) is 30.5 Å². The second kappa shape index (κ2) is 6.07. The number of amides is 1. The summed E-state index contributed by atoms with van der Waals surface area (Å²) in [6, 6.07) is 5.73. The zero-order chi connectivity index (χ0) is 15.6. The van der Waals surface area contributed by atoms with Crippen LogP contribution in [0.1, 0.15) is 15.9 Å². The molecule has 0 fully saturated rings. The highest BCUT2D eigenvalue weighted by Gasteiger charge is 2.24. The van der Waals surface area contributed by atoms with E-state index in [1.807, 2.05) is 0 Å². The summed E-state index contributed by atoms with van der Waals surface area (Å²) in [5.41, 5.74) is 0.463. The van der Waals surface area contributed by atoms with Gasteiger partial charge in [-0.05, 0) is 30.7 Å². The molecule has 1 amide bonds. The lowest BCUT2D eigenvalue weighted by Crippen LogP contribution is -2.14. The lowest BCUT2D eigenvalue weighted by molar-refractivity contribution is -0.385. The number of nitro groups is 1. The van der Waals surface area contributed by atoms with Crippen LogP contribution in [0.2, 0.25) is 10.2 Å². The van der Waals surface area contributed by atoms with E-state index in [1.165, 1.54) is 18.2 Å². The predicted octanol–water partition coefficient (Wildman–Crippen LogP) is 3.86. The Bertz CT molecular complexity index is 735. The SMILES string of the molecule is Cc1cnc(Cl)c(NC(=O)c2cccc(Cl)c2[N+](=O)[O-])c1. The van der Waals surface area contributed by atoms with Gasteiger partial charge in [-0.2, -0.15) is 0 Å². The standard InChI is InChI=1S/C13H9Cl2N3O3/c1-7-5-10(12(15)16-6-7)17-13(19)8-3-2-4-9(14)11(8)18(20)21/h2-6H,1H3,(H,17,19). The fourth-order valence-corrected chi connectivity index (χ4v) is 2.11. The van der Waals surface area contributed by atoms with E-state index >= 15 is 0 Å². The van der Waals surface area contributed by atoms with Gasteiger partial charge in [0.15, 0.2) is 5.15 Å². The zero-order valence-corrected chi connectivity index (χ0v) is 12.3. The molecule has 6 nitrogen and oxygen atoms in total. The number of hydrogen-bond acceptors (Lipinski definition) is 4. The average molecular weight is 326 g/mol. The smallest absolute Gasteiger partial charge is 0.300 e. The van der Waals surface area contributed by atoms with Gasteiger partial charge in [0.25, 0.3) is 5.91 Å². The number of hydrogen-bond donors (Lipinski definition) is 1. The van der Waals surface area contributed by atoms with Gasteiger partial charge >= 0.3 is 5.69 Å². The van der Waals surface area contributed by atoms with Crippen LogP contribution in [0.3, 0.4) is 0 Å². The van der Waals surface area contributed by atoms with Crippen molar-refractivity contribution in [3.63, 3.8) is 0 Å². The average Bonchev–Trinajstić information content (AvgIpc) is 2.42. The molecule has 0 radical (unpaired) electrons. The molecule has 21 heavy (non-hydrogen) atoms. The van der Waals surface area contributed by atoms with Gasteiger partial charge in [-0.1, -0.05) is 29.3 Å². The molecule has 2 rings (SSSR count). The fourth-order valence-electron chi connectivity index (χ4n) is 1.71. The summed E-state index contributed by atoms with van der Waals surface area (Å²) in [4.78, 5) is 26.4. The number of anilines is 1. The van der Waals surface area contributed by atoms with Crippen molar-refractivity contribution in [3.8, 4) is 0 Å². The molecular formula is C13H9Cl2N3O3. The van der Waals surface area contributed by atoms with Gasteiger partial charge < -0.3 is 5.32 Å². The topological polar surface area (TPSA) is 85.1 Å². The minimum atomic E-state index is -0.701. The van der Waals surface area contributed by atoms with Crippen molar-refractivity contribution in [2.45, 2.75) is 6.92 Å². The molecule has 1 heterocycles. The minimum absolute atomic E-state index is 0.0960. The molecule has 1 aromatic heterocycles. The number of aryl methyl sites for hydroxylation is 1. The number of para-hydroxylation sites is 1. The Morgan fingerprint density at radius 3 is 2.76 bits per heavy atom. The third kappa shape index (κ3) is 3.29. The van der Waals surface area contributed by atoms with Crippen molar-refractivity contribution in [2.24, 2.45) is 0 Å². The summed E-state index contributed by atoms with van der Waals surface area (Å²) in [6.07, 6.45) is 1.54. The number of carbonyl (C=O) groups excluding carboxylic acids is 1. The Morgan fingerprint density at radius 2 is 2.10 bits per heavy atom. The Morgan fingerprint density at radius 1 is 1.38 bits per heavy atom. The van der Waals surface area contributed by atoms with Gasteiger partial charge in [0.1, 0.15) is 10.6 Å². The maximum absolute atomic E-state index is 12.2. The number of nitrogens with zero attached hydrogens (tertiary/aromatic N) is 2. The number of nitrogens with one attached hydrogen (secondary N) is 1. The first kappa shape index (κ1) is 15.2. The van der Waals surface area contributed by atoms with Crippen molar-refractivity contribution >= 4 is 40.5 Å². The summed E-state index contributed by atoms with van der Waals surface area (Å²) in [6.45, 7) is 1.78. The van der Waals surface area contributed by atoms with Crippen LogP contribution in [-0.2, 0) is 0 Å². The molecule has 1 N–H and O–H groups in total. The molecule has 0 bridgehead atoms. The third-order valence-electron chi connectivity index (χ3n) is 2.64. The molecule has 0 atom stereocenters. The molecular weight excluding hydrogens is 317 g/mol. The summed E-state index contributed by atoms with van der Waals surface area (Å²) < 4.78 is 0. The van der Waals surface area contributed by atoms with Crippen LogP contribution in [0.25, 0.3) is 0 Å². The van der Waals surface area contributed by atoms with E-state index in [0.717, 1.165) is 5.56 Å². The molecule has 0 aliphatic rings. The number of pyridine rings is 1. The van der Waals surface area contributed by atoms with E-state index in [1.54, 1.807) is 19.2 Å². The van der Waals surface area contributed by atoms with Crippen molar-refractivity contribution in [1.82, 2.24) is 4.98 Å². The van der Waals surface area contributed by atoms with E-state index in [-0.39, 0.29) is 21.4 Å². The van der Waals surface area contributed by atoms with Crippen molar-refractivity contribution < 1.29 is 9.72 Å². The number of halogens is 2. The van der Waals surface area contributed by atoms with Gasteiger partial charge in [0.2, 0.25) is 0 Å². The highest BCUT2D eigenvalue weighted by atomic mass is 35.5. The Hall–Kier alpha value is -2.18. The van der Waals surface area contributed by atoms with E-state index in [0.29, 0.717) is 0 Å². The second-order valence-corrected chi connectivity index (χ2v) is 4.96. The molecule has 108 valence electrons. The lowest BCUT2D eigenvalue weighted by Gasteiger charge is -2.08. The van der Waals surface area contributed by atoms with Crippen LogP contribution < -0.4 is 5.32 Å². The van der Waals surface area contributed by atoms with Crippen LogP contribution in [0.4, 0.5) is 11.4 Å². The lowest BCUT2D eigenvalue weighted by atomic mass is 10.1. The maximum Gasteiger partial charge on any atom is 0.300 e. The number of rotatable bonds is 3. The van der Waals surface area contributed by atoms with E-state index < -0.39 is 16.5 Å². The van der Waals surface area contributed by atoms with Gasteiger partial charge in [-0.15, -0.1) is 0 Å². The fraction of sp³-hybridized carbons (Fsp3) is 0.0769. The quantitative estimate of drug-likeness (QED) is 0.527. The van der Waals surface area contributed by atoms with Gasteiger partial charge in [-0.25, -0.2) is 4.98 Å². The first-order valence-electron chi connectivity index (χ1n) is 5.76. The minimum Gasteiger partial charge on any atom is -0.319 e. The zero-order valence-electron chi connectivity index (χ0n) is 10.8. The number of nitro benzene ring substituents is 1. The summed E-state index contributed by atoms with van der Waals surface area (Å²) in [5.74, 6) is -0.682. The Kier molecular flexibility index (Phi) is 4.40. The van der Waals surface area contributed by atoms with E-state index in [2.05, 4.69) is 10.3 Å². The summed E-state index contributed by atoms with van der Waals surface area (Å²) >= 11 is 11.6. The monoisotopic (exact) mass is 325 g/mol. The molecule has 0 spiro atoms. The summed E-state index contributed by atoms with van der Waals surface area (Å²) in [7, 11) is 0. The van der Waals surface area contributed by atoms with Gasteiger partial charge in [-0.3, -0.25) is 14.9 Å². The maximum atomic E-state index is 12.2. The van der Waals surface area contributed by atoms with Crippen LogP contribution in [0.5, 0.6) is 0 Å². The van der Waals surface area contributed by atoms with E-state index in [4.69, 9.17) is 23.2 Å². The normalized spacial score (nSPS) is 10.2. The molecule has 0 aliphatic carbocycles. The second-order valence-electron chi connectivity index (χ2n) is 4.20. The highest BCUT2D eigenvalue weighted by Crippen LogP contribution is 2.29. The molecule has 0 unspecified atom stereocenters. The first-order valence-corrected chi connectivity index (χ1v) is 6.52. The van der Waals surface area contributed by atoms with Crippen LogP contribution in [-0.4, -0.2) is 15.8 Å².